The van der Waals surface area contributed by atoms with Gasteiger partial charge in [0.05, 0.1) is 0 Å². The molecule has 134 valence electrons. The number of hydrogen-bond donors (Lipinski definition) is 0. The fourth-order valence-electron chi connectivity index (χ4n) is 3.20. The van der Waals surface area contributed by atoms with E-state index in [0.717, 1.165) is 36.4 Å². The molecule has 0 N–H and O–H groups in total. The van der Waals surface area contributed by atoms with Crippen molar-refractivity contribution < 1.29 is 14.3 Å². The second-order valence-electron chi connectivity index (χ2n) is 7.90. The van der Waals surface area contributed by atoms with Gasteiger partial charge in [-0.3, -0.25) is 4.79 Å². The second-order valence-corrected chi connectivity index (χ2v) is 7.90. The average molecular weight is 334 g/mol. The van der Waals surface area contributed by atoms with Gasteiger partial charge in [-0.15, -0.1) is 0 Å². The Morgan fingerprint density at radius 2 is 1.75 bits per heavy atom. The van der Waals surface area contributed by atoms with Crippen molar-refractivity contribution in [2.45, 2.75) is 53.1 Å². The Hall–Kier alpha value is -1.78. The van der Waals surface area contributed by atoms with E-state index in [1.807, 2.05) is 34.6 Å². The van der Waals surface area contributed by atoms with Crippen LogP contribution < -0.4 is 0 Å². The predicted molar refractivity (Wildman–Crippen MR) is 94.6 cm³/mol. The molecule has 1 amide bonds. The molecule has 0 aromatic rings. The van der Waals surface area contributed by atoms with Gasteiger partial charge in [0.25, 0.3) is 0 Å². The number of hydrogen-bond acceptors (Lipinski definition) is 4. The van der Waals surface area contributed by atoms with Crippen molar-refractivity contribution in [3.63, 3.8) is 0 Å². The molecule has 1 heterocycles. The molecule has 1 atom stereocenters. The summed E-state index contributed by atoms with van der Waals surface area (Å²) in [5.74, 6) is 0.457. The van der Waals surface area contributed by atoms with E-state index in [-0.39, 0.29) is 17.8 Å². The Balaban J connectivity index is 2.01. The number of carbonyl (C=O) groups is 2. The number of ketones is 1. The number of carbonyl (C=O) groups excluding carboxylic acids is 2. The molecule has 1 aliphatic carbocycles. The standard InChI is InChI=1S/C19H30N2O3/c1-13(2)15-11-16(14(3)17(22)12-15)20-7-9-21(10-8-20)18(23)24-19(4,5)6/h15H,1,7-12H2,2-6H3/t15-/m1/s1. The molecule has 0 spiro atoms. The zero-order valence-corrected chi connectivity index (χ0v) is 15.6. The lowest BCUT2D eigenvalue weighted by Gasteiger charge is -2.40. The highest BCUT2D eigenvalue weighted by molar-refractivity contribution is 5.96. The third-order valence-electron chi connectivity index (χ3n) is 4.73. The zero-order valence-electron chi connectivity index (χ0n) is 15.6. The normalized spacial score (nSPS) is 22.7. The van der Waals surface area contributed by atoms with E-state index in [0.29, 0.717) is 19.5 Å². The molecule has 24 heavy (non-hydrogen) atoms. The predicted octanol–water partition coefficient (Wildman–Crippen LogP) is 3.37. The highest BCUT2D eigenvalue weighted by atomic mass is 16.6. The molecule has 0 radical (unpaired) electrons. The largest absolute Gasteiger partial charge is 0.444 e. The van der Waals surface area contributed by atoms with Crippen molar-refractivity contribution in [2.24, 2.45) is 5.92 Å². The minimum atomic E-state index is -0.474. The lowest BCUT2D eigenvalue weighted by molar-refractivity contribution is -0.117. The van der Waals surface area contributed by atoms with E-state index in [4.69, 9.17) is 4.74 Å². The van der Waals surface area contributed by atoms with Crippen LogP contribution in [0.25, 0.3) is 0 Å². The smallest absolute Gasteiger partial charge is 0.410 e. The van der Waals surface area contributed by atoms with Gasteiger partial charge in [-0.1, -0.05) is 12.2 Å². The molecule has 0 saturated carbocycles. The summed E-state index contributed by atoms with van der Waals surface area (Å²) in [6.07, 6.45) is 1.19. The Labute approximate surface area is 145 Å². The SMILES string of the molecule is C=C(C)[C@H]1CC(=O)C(C)=C(N2CCN(C(=O)OC(C)(C)C)CC2)C1. The molecule has 0 aromatic heterocycles. The molecule has 2 rings (SSSR count). The van der Waals surface area contributed by atoms with E-state index in [1.54, 1.807) is 4.90 Å². The third-order valence-corrected chi connectivity index (χ3v) is 4.73. The van der Waals surface area contributed by atoms with E-state index >= 15 is 0 Å². The van der Waals surface area contributed by atoms with Crippen LogP contribution in [0.2, 0.25) is 0 Å². The van der Waals surface area contributed by atoms with E-state index in [1.165, 1.54) is 0 Å². The molecular weight excluding hydrogens is 304 g/mol. The Kier molecular flexibility index (Phi) is 5.41. The quantitative estimate of drug-likeness (QED) is 0.727. The first kappa shape index (κ1) is 18.6. The Morgan fingerprint density at radius 1 is 1.17 bits per heavy atom. The summed E-state index contributed by atoms with van der Waals surface area (Å²) in [5, 5.41) is 0. The van der Waals surface area contributed by atoms with E-state index < -0.39 is 5.60 Å². The van der Waals surface area contributed by atoms with Crippen LogP contribution in [-0.2, 0) is 9.53 Å². The molecule has 5 nitrogen and oxygen atoms in total. The second kappa shape index (κ2) is 6.99. The van der Waals surface area contributed by atoms with Crippen LogP contribution in [0.4, 0.5) is 4.79 Å². The first-order valence-corrected chi connectivity index (χ1v) is 8.69. The summed E-state index contributed by atoms with van der Waals surface area (Å²) in [6, 6.07) is 0. The molecule has 0 unspecified atom stereocenters. The lowest BCUT2D eigenvalue weighted by Crippen LogP contribution is -2.50. The molecule has 0 aromatic carbocycles. The van der Waals surface area contributed by atoms with E-state index in [9.17, 15) is 9.59 Å². The van der Waals surface area contributed by atoms with Gasteiger partial charge in [-0.2, -0.15) is 0 Å². The van der Waals surface area contributed by atoms with Crippen LogP contribution in [0.3, 0.4) is 0 Å². The third kappa shape index (κ3) is 4.40. The number of nitrogens with zero attached hydrogens (tertiary/aromatic N) is 2. The molecule has 1 fully saturated rings. The maximum absolute atomic E-state index is 12.3. The fraction of sp³-hybridized carbons (Fsp3) is 0.684. The van der Waals surface area contributed by atoms with Crippen molar-refractivity contribution in [3.8, 4) is 0 Å². The first-order chi connectivity index (χ1) is 11.1. The first-order valence-electron chi connectivity index (χ1n) is 8.69. The van der Waals surface area contributed by atoms with Gasteiger partial charge in [0.15, 0.2) is 5.78 Å². The van der Waals surface area contributed by atoms with Crippen molar-refractivity contribution in [1.29, 1.82) is 0 Å². The molecule has 2 aliphatic rings. The summed E-state index contributed by atoms with van der Waals surface area (Å²) >= 11 is 0. The summed E-state index contributed by atoms with van der Waals surface area (Å²) in [4.78, 5) is 28.4. The number of piperazine rings is 1. The van der Waals surface area contributed by atoms with Crippen molar-refractivity contribution >= 4 is 11.9 Å². The fourth-order valence-corrected chi connectivity index (χ4v) is 3.20. The number of rotatable bonds is 2. The van der Waals surface area contributed by atoms with Gasteiger partial charge in [0, 0.05) is 43.9 Å². The van der Waals surface area contributed by atoms with Crippen LogP contribution in [0.15, 0.2) is 23.4 Å². The van der Waals surface area contributed by atoms with Gasteiger partial charge in [-0.05, 0) is 47.0 Å². The average Bonchev–Trinajstić information content (AvgIpc) is 2.48. The molecule has 5 heteroatoms. The molecule has 1 saturated heterocycles. The lowest BCUT2D eigenvalue weighted by atomic mass is 9.82. The van der Waals surface area contributed by atoms with Crippen molar-refractivity contribution in [2.75, 3.05) is 26.2 Å². The highest BCUT2D eigenvalue weighted by Gasteiger charge is 2.31. The molecular formula is C19H30N2O3. The van der Waals surface area contributed by atoms with Gasteiger partial charge >= 0.3 is 6.09 Å². The summed E-state index contributed by atoms with van der Waals surface area (Å²) in [5.41, 5.74) is 2.60. The minimum Gasteiger partial charge on any atom is -0.444 e. The maximum Gasteiger partial charge on any atom is 0.410 e. The Morgan fingerprint density at radius 3 is 2.25 bits per heavy atom. The van der Waals surface area contributed by atoms with Crippen LogP contribution in [-0.4, -0.2) is 53.5 Å². The van der Waals surface area contributed by atoms with Crippen LogP contribution >= 0.6 is 0 Å². The monoisotopic (exact) mass is 334 g/mol. The number of Topliss-reactive ketones (excluding diaryl/α,β-unsaturated/α-hetero) is 1. The van der Waals surface area contributed by atoms with E-state index in [2.05, 4.69) is 11.5 Å². The molecule has 0 bridgehead atoms. The van der Waals surface area contributed by atoms with Gasteiger partial charge < -0.3 is 14.5 Å². The van der Waals surface area contributed by atoms with Crippen molar-refractivity contribution in [1.82, 2.24) is 9.80 Å². The van der Waals surface area contributed by atoms with Crippen LogP contribution in [0.1, 0.15) is 47.5 Å². The number of allylic oxidation sites excluding steroid dienone is 3. The van der Waals surface area contributed by atoms with Crippen molar-refractivity contribution in [3.05, 3.63) is 23.4 Å². The summed E-state index contributed by atoms with van der Waals surface area (Å²) in [7, 11) is 0. The van der Waals surface area contributed by atoms with Crippen LogP contribution in [0.5, 0.6) is 0 Å². The van der Waals surface area contributed by atoms with Crippen LogP contribution in [0, 0.1) is 5.92 Å². The van der Waals surface area contributed by atoms with Gasteiger partial charge in [0.2, 0.25) is 0 Å². The molecule has 1 aliphatic heterocycles. The number of amides is 1. The maximum atomic E-state index is 12.3. The minimum absolute atomic E-state index is 0.221. The zero-order chi connectivity index (χ0) is 18.1. The topological polar surface area (TPSA) is 49.9 Å². The Bertz CT molecular complexity index is 564. The summed E-state index contributed by atoms with van der Waals surface area (Å²) < 4.78 is 5.44. The number of ether oxygens (including phenoxy) is 1. The van der Waals surface area contributed by atoms with Gasteiger partial charge in [-0.25, -0.2) is 4.79 Å². The summed E-state index contributed by atoms with van der Waals surface area (Å²) in [6.45, 7) is 16.3. The van der Waals surface area contributed by atoms with Gasteiger partial charge in [0.1, 0.15) is 5.60 Å². The highest BCUT2D eigenvalue weighted by Crippen LogP contribution is 2.33.